The second kappa shape index (κ2) is 8.54. The molecule has 2 amide bonds. The standard InChI is InChI=1S/C19H28N4O4/c24-16(6-9-19(11-8-18(26)27)10-7-17(25)21-19)20-12-15-13-4-2-1-3-5-14(13)22-23-15/h1-12H2,(H,20,24)(H,21,25)(H,22,23)(H,26,27)/t19-/m0/s1. The van der Waals surface area contributed by atoms with Gasteiger partial charge in [-0.25, -0.2) is 0 Å². The van der Waals surface area contributed by atoms with E-state index in [1.54, 1.807) is 0 Å². The van der Waals surface area contributed by atoms with Crippen LogP contribution in [0.25, 0.3) is 0 Å². The lowest BCUT2D eigenvalue weighted by Crippen LogP contribution is -2.43. The van der Waals surface area contributed by atoms with Crippen LogP contribution in [-0.4, -0.2) is 38.6 Å². The Kier molecular flexibility index (Phi) is 6.13. The molecular formula is C19H28N4O4. The van der Waals surface area contributed by atoms with Gasteiger partial charge in [0.25, 0.3) is 0 Å². The van der Waals surface area contributed by atoms with Crippen LogP contribution in [0.15, 0.2) is 0 Å². The van der Waals surface area contributed by atoms with Crippen LogP contribution >= 0.6 is 0 Å². The van der Waals surface area contributed by atoms with Gasteiger partial charge in [-0.05, 0) is 50.5 Å². The molecule has 0 saturated carbocycles. The number of aliphatic carboxylic acids is 1. The molecule has 0 spiro atoms. The summed E-state index contributed by atoms with van der Waals surface area (Å²) in [7, 11) is 0. The number of aryl methyl sites for hydroxylation is 1. The van der Waals surface area contributed by atoms with Gasteiger partial charge < -0.3 is 15.7 Å². The van der Waals surface area contributed by atoms with E-state index < -0.39 is 11.5 Å². The first-order chi connectivity index (χ1) is 13.0. The molecule has 1 aliphatic carbocycles. The number of fused-ring (bicyclic) bond motifs is 1. The molecule has 0 unspecified atom stereocenters. The first kappa shape index (κ1) is 19.4. The van der Waals surface area contributed by atoms with Crippen molar-refractivity contribution in [1.29, 1.82) is 0 Å². The van der Waals surface area contributed by atoms with E-state index >= 15 is 0 Å². The zero-order chi connectivity index (χ0) is 19.3. The summed E-state index contributed by atoms with van der Waals surface area (Å²) in [6, 6.07) is 0. The maximum absolute atomic E-state index is 12.3. The molecule has 2 aliphatic rings. The number of carbonyl (C=O) groups excluding carboxylic acids is 2. The third-order valence-corrected chi connectivity index (χ3v) is 5.73. The lowest BCUT2D eigenvalue weighted by atomic mass is 9.86. The van der Waals surface area contributed by atoms with Crippen LogP contribution in [0.2, 0.25) is 0 Å². The molecule has 27 heavy (non-hydrogen) atoms. The normalized spacial score (nSPS) is 22.0. The van der Waals surface area contributed by atoms with Gasteiger partial charge in [0.2, 0.25) is 11.8 Å². The number of hydrogen-bond acceptors (Lipinski definition) is 4. The summed E-state index contributed by atoms with van der Waals surface area (Å²) in [5.41, 5.74) is 2.78. The molecule has 1 fully saturated rings. The highest BCUT2D eigenvalue weighted by molar-refractivity contribution is 5.80. The molecule has 0 aromatic carbocycles. The van der Waals surface area contributed by atoms with Crippen molar-refractivity contribution in [2.24, 2.45) is 0 Å². The van der Waals surface area contributed by atoms with Crippen molar-refractivity contribution in [2.75, 3.05) is 0 Å². The van der Waals surface area contributed by atoms with Gasteiger partial charge in [0, 0.05) is 30.5 Å². The molecule has 3 rings (SSSR count). The molecule has 4 N–H and O–H groups in total. The van der Waals surface area contributed by atoms with Crippen LogP contribution in [0.5, 0.6) is 0 Å². The highest BCUT2D eigenvalue weighted by atomic mass is 16.4. The number of rotatable bonds is 8. The summed E-state index contributed by atoms with van der Waals surface area (Å²) in [5.74, 6) is -1.06. The first-order valence-electron chi connectivity index (χ1n) is 9.82. The van der Waals surface area contributed by atoms with E-state index in [1.165, 1.54) is 24.1 Å². The highest BCUT2D eigenvalue weighted by Gasteiger charge is 2.37. The van der Waals surface area contributed by atoms with Crippen LogP contribution in [-0.2, 0) is 33.8 Å². The first-order valence-corrected chi connectivity index (χ1v) is 9.82. The van der Waals surface area contributed by atoms with E-state index in [1.807, 2.05) is 0 Å². The number of aromatic amines is 1. The van der Waals surface area contributed by atoms with Gasteiger partial charge in [-0.3, -0.25) is 19.5 Å². The van der Waals surface area contributed by atoms with Gasteiger partial charge in [-0.1, -0.05) is 6.42 Å². The topological polar surface area (TPSA) is 124 Å². The number of aromatic nitrogens is 2. The smallest absolute Gasteiger partial charge is 0.303 e. The summed E-state index contributed by atoms with van der Waals surface area (Å²) in [5, 5.41) is 22.2. The van der Waals surface area contributed by atoms with E-state index in [9.17, 15) is 14.4 Å². The van der Waals surface area contributed by atoms with E-state index in [2.05, 4.69) is 20.8 Å². The Hall–Kier alpha value is -2.38. The Morgan fingerprint density at radius 3 is 2.63 bits per heavy atom. The fraction of sp³-hybridized carbons (Fsp3) is 0.684. The predicted molar refractivity (Wildman–Crippen MR) is 97.9 cm³/mol. The number of nitrogens with zero attached hydrogens (tertiary/aromatic N) is 1. The Morgan fingerprint density at radius 2 is 1.89 bits per heavy atom. The molecule has 8 nitrogen and oxygen atoms in total. The molecule has 1 aromatic heterocycles. The number of carboxylic acid groups (broad SMARTS) is 1. The molecule has 8 heteroatoms. The molecule has 1 aliphatic heterocycles. The van der Waals surface area contributed by atoms with E-state index in [-0.39, 0.29) is 24.7 Å². The Balaban J connectivity index is 1.51. The average Bonchev–Trinajstić information content (AvgIpc) is 3.12. The molecule has 2 heterocycles. The number of carboxylic acids is 1. The largest absolute Gasteiger partial charge is 0.481 e. The average molecular weight is 376 g/mol. The molecule has 0 radical (unpaired) electrons. The van der Waals surface area contributed by atoms with Crippen LogP contribution in [0.1, 0.15) is 74.7 Å². The maximum Gasteiger partial charge on any atom is 0.303 e. The van der Waals surface area contributed by atoms with Gasteiger partial charge in [0.1, 0.15) is 0 Å². The lowest BCUT2D eigenvalue weighted by Gasteiger charge is -2.28. The van der Waals surface area contributed by atoms with Gasteiger partial charge in [-0.15, -0.1) is 0 Å². The van der Waals surface area contributed by atoms with Crippen LogP contribution < -0.4 is 10.6 Å². The van der Waals surface area contributed by atoms with Crippen molar-refractivity contribution >= 4 is 17.8 Å². The van der Waals surface area contributed by atoms with Gasteiger partial charge >= 0.3 is 5.97 Å². The van der Waals surface area contributed by atoms with Crippen LogP contribution in [0, 0.1) is 0 Å². The molecule has 1 atom stereocenters. The van der Waals surface area contributed by atoms with Gasteiger partial charge in [0.05, 0.1) is 12.2 Å². The molecule has 0 bridgehead atoms. The number of carbonyl (C=O) groups is 3. The Bertz CT molecular complexity index is 715. The zero-order valence-corrected chi connectivity index (χ0v) is 15.6. The van der Waals surface area contributed by atoms with Gasteiger partial charge in [-0.2, -0.15) is 5.10 Å². The quantitative estimate of drug-likeness (QED) is 0.513. The second-order valence-corrected chi connectivity index (χ2v) is 7.69. The maximum atomic E-state index is 12.3. The minimum absolute atomic E-state index is 0.0126. The monoisotopic (exact) mass is 376 g/mol. The van der Waals surface area contributed by atoms with E-state index in [4.69, 9.17) is 5.11 Å². The Labute approximate surface area is 158 Å². The number of amides is 2. The summed E-state index contributed by atoms with van der Waals surface area (Å²) >= 11 is 0. The third kappa shape index (κ3) is 5.08. The fourth-order valence-electron chi connectivity index (χ4n) is 4.12. The minimum Gasteiger partial charge on any atom is -0.481 e. The van der Waals surface area contributed by atoms with Crippen molar-refractivity contribution in [3.8, 4) is 0 Å². The third-order valence-electron chi connectivity index (χ3n) is 5.73. The zero-order valence-electron chi connectivity index (χ0n) is 15.6. The Morgan fingerprint density at radius 1 is 1.11 bits per heavy atom. The number of H-pyrrole nitrogens is 1. The van der Waals surface area contributed by atoms with Crippen molar-refractivity contribution in [1.82, 2.24) is 20.8 Å². The van der Waals surface area contributed by atoms with Crippen molar-refractivity contribution in [3.05, 3.63) is 17.0 Å². The molecule has 1 aromatic rings. The number of hydrogen-bond donors (Lipinski definition) is 4. The van der Waals surface area contributed by atoms with Crippen LogP contribution in [0.4, 0.5) is 0 Å². The number of nitrogens with one attached hydrogen (secondary N) is 3. The second-order valence-electron chi connectivity index (χ2n) is 7.69. The van der Waals surface area contributed by atoms with Crippen molar-refractivity contribution < 1.29 is 19.5 Å². The van der Waals surface area contributed by atoms with Crippen LogP contribution in [0.3, 0.4) is 0 Å². The minimum atomic E-state index is -0.890. The summed E-state index contributed by atoms with van der Waals surface area (Å²) in [6.45, 7) is 0.402. The van der Waals surface area contributed by atoms with E-state index in [0.717, 1.165) is 25.0 Å². The lowest BCUT2D eigenvalue weighted by molar-refractivity contribution is -0.137. The fourth-order valence-corrected chi connectivity index (χ4v) is 4.12. The molecular weight excluding hydrogens is 348 g/mol. The van der Waals surface area contributed by atoms with E-state index in [0.29, 0.717) is 32.2 Å². The van der Waals surface area contributed by atoms with Crippen molar-refractivity contribution in [3.63, 3.8) is 0 Å². The summed E-state index contributed by atoms with van der Waals surface area (Å²) in [4.78, 5) is 34.8. The summed E-state index contributed by atoms with van der Waals surface area (Å²) in [6.07, 6.45) is 7.59. The van der Waals surface area contributed by atoms with Gasteiger partial charge in [0.15, 0.2) is 0 Å². The molecule has 1 saturated heterocycles. The summed E-state index contributed by atoms with van der Waals surface area (Å²) < 4.78 is 0. The SMILES string of the molecule is O=C(O)CC[C@]1(CCC(=O)NCc2n[nH]c3c2CCCCC3)CCC(=O)N1. The molecule has 148 valence electrons. The predicted octanol–water partition coefficient (Wildman–Crippen LogP) is 1.59. The van der Waals surface area contributed by atoms with Crippen molar-refractivity contribution in [2.45, 2.75) is 82.7 Å². The highest BCUT2D eigenvalue weighted by Crippen LogP contribution is 2.30.